The molecule has 218 valence electrons. The zero-order valence-electron chi connectivity index (χ0n) is 23.8. The average molecular weight is 642 g/mol. The third kappa shape index (κ3) is 6.95. The fourth-order valence-electron chi connectivity index (χ4n) is 4.52. The van der Waals surface area contributed by atoms with Crippen LogP contribution in [0.3, 0.4) is 0 Å². The minimum atomic E-state index is -0.834. The van der Waals surface area contributed by atoms with Gasteiger partial charge in [-0.1, -0.05) is 59.7 Å². The summed E-state index contributed by atoms with van der Waals surface area (Å²) in [5, 5.41) is 2.25. The van der Waals surface area contributed by atoms with Crippen molar-refractivity contribution in [2.45, 2.75) is 27.1 Å². The Balaban J connectivity index is 1.34. The number of amides is 4. The molecule has 4 aromatic rings. The lowest BCUT2D eigenvalue weighted by molar-refractivity contribution is -0.122. The van der Waals surface area contributed by atoms with Crippen molar-refractivity contribution in [3.8, 4) is 17.2 Å². The quantitative estimate of drug-likeness (QED) is 0.158. The second-order valence-corrected chi connectivity index (χ2v) is 10.9. The van der Waals surface area contributed by atoms with Crippen LogP contribution < -0.4 is 24.4 Å². The van der Waals surface area contributed by atoms with Gasteiger partial charge in [-0.2, -0.15) is 0 Å². The number of anilines is 1. The van der Waals surface area contributed by atoms with Gasteiger partial charge in [-0.05, 0) is 88.9 Å². The molecule has 4 aromatic carbocycles. The van der Waals surface area contributed by atoms with Crippen molar-refractivity contribution in [1.29, 1.82) is 0 Å². The highest BCUT2D eigenvalue weighted by molar-refractivity contribution is 9.10. The van der Waals surface area contributed by atoms with Crippen molar-refractivity contribution in [2.75, 3.05) is 12.0 Å². The zero-order valence-corrected chi connectivity index (χ0v) is 25.4. The molecule has 1 saturated heterocycles. The van der Waals surface area contributed by atoms with Crippen LogP contribution in [0.5, 0.6) is 17.2 Å². The summed E-state index contributed by atoms with van der Waals surface area (Å²) in [5.41, 5.74) is 4.89. The number of rotatable bonds is 9. The smallest absolute Gasteiger partial charge is 0.335 e. The highest BCUT2D eigenvalue weighted by Crippen LogP contribution is 2.38. The topological polar surface area (TPSA) is 94.2 Å². The predicted octanol–water partition coefficient (Wildman–Crippen LogP) is 6.90. The second-order valence-electron chi connectivity index (χ2n) is 10.0. The molecule has 1 N–H and O–H groups in total. The van der Waals surface area contributed by atoms with Crippen molar-refractivity contribution in [2.24, 2.45) is 0 Å². The summed E-state index contributed by atoms with van der Waals surface area (Å²) < 4.78 is 18.0. The minimum Gasteiger partial charge on any atom is -0.493 e. The lowest BCUT2D eigenvalue weighted by atomic mass is 10.1. The first-order chi connectivity index (χ1) is 20.7. The van der Waals surface area contributed by atoms with Gasteiger partial charge in [0.05, 0.1) is 17.3 Å². The molecular formula is C34H29BrN2O6. The molecule has 1 fully saturated rings. The van der Waals surface area contributed by atoms with E-state index in [9.17, 15) is 14.4 Å². The number of hydrogen-bond acceptors (Lipinski definition) is 6. The van der Waals surface area contributed by atoms with Crippen molar-refractivity contribution in [1.82, 2.24) is 5.32 Å². The van der Waals surface area contributed by atoms with Crippen molar-refractivity contribution in [3.63, 3.8) is 0 Å². The predicted molar refractivity (Wildman–Crippen MR) is 167 cm³/mol. The van der Waals surface area contributed by atoms with E-state index < -0.39 is 17.8 Å². The number of barbiturate groups is 1. The largest absolute Gasteiger partial charge is 0.493 e. The van der Waals surface area contributed by atoms with Gasteiger partial charge in [0.15, 0.2) is 11.5 Å². The Hall–Kier alpha value is -4.89. The first kappa shape index (κ1) is 29.6. The van der Waals surface area contributed by atoms with E-state index >= 15 is 0 Å². The van der Waals surface area contributed by atoms with Crippen LogP contribution in [-0.4, -0.2) is 25.0 Å². The number of carbonyl (C=O) groups excluding carboxylic acids is 3. The highest BCUT2D eigenvalue weighted by atomic mass is 79.9. The molecule has 4 amide bonds. The van der Waals surface area contributed by atoms with E-state index in [4.69, 9.17) is 14.2 Å². The number of aryl methyl sites for hydroxylation is 2. The van der Waals surface area contributed by atoms with Crippen LogP contribution in [0.25, 0.3) is 6.08 Å². The van der Waals surface area contributed by atoms with Gasteiger partial charge in [-0.15, -0.1) is 0 Å². The average Bonchev–Trinajstić information content (AvgIpc) is 2.99. The molecule has 0 aliphatic carbocycles. The van der Waals surface area contributed by atoms with E-state index in [1.54, 1.807) is 36.4 Å². The summed E-state index contributed by atoms with van der Waals surface area (Å²) in [4.78, 5) is 39.8. The Morgan fingerprint density at radius 3 is 2.23 bits per heavy atom. The van der Waals surface area contributed by atoms with Gasteiger partial charge in [0.1, 0.15) is 24.5 Å². The van der Waals surface area contributed by atoms with Gasteiger partial charge < -0.3 is 14.2 Å². The van der Waals surface area contributed by atoms with Crippen LogP contribution in [-0.2, 0) is 22.8 Å². The van der Waals surface area contributed by atoms with Crippen LogP contribution in [0.15, 0.2) is 95.0 Å². The standard InChI is InChI=1S/C34H29BrN2O6/c1-21-7-9-23(10-8-21)19-42-27-13-11-26(12-14-27)37-33(39)28(32(38)36-34(37)40)16-25-17-29(35)31(30(18-25)41-3)43-20-24-6-4-5-22(2)15-24/h4-18H,19-20H2,1-3H3,(H,36,38,40)/b28-16+. The molecular weight excluding hydrogens is 612 g/mol. The second kappa shape index (κ2) is 13.0. The number of nitrogens with zero attached hydrogens (tertiary/aromatic N) is 1. The number of carbonyl (C=O) groups is 3. The Morgan fingerprint density at radius 2 is 1.53 bits per heavy atom. The Labute approximate surface area is 258 Å². The number of imide groups is 2. The molecule has 1 heterocycles. The van der Waals surface area contributed by atoms with E-state index in [1.807, 2.05) is 62.4 Å². The van der Waals surface area contributed by atoms with Gasteiger partial charge in [0.25, 0.3) is 11.8 Å². The van der Waals surface area contributed by atoms with Crippen LogP contribution in [0, 0.1) is 13.8 Å². The molecule has 0 bridgehead atoms. The number of ether oxygens (including phenoxy) is 3. The minimum absolute atomic E-state index is 0.207. The van der Waals surface area contributed by atoms with Gasteiger partial charge in [-0.25, -0.2) is 9.69 Å². The third-order valence-corrected chi connectivity index (χ3v) is 7.34. The SMILES string of the molecule is COc1cc(/C=C2\C(=O)NC(=O)N(c3ccc(OCc4ccc(C)cc4)cc3)C2=O)cc(Br)c1OCc1cccc(C)c1. The van der Waals surface area contributed by atoms with Gasteiger partial charge in [0, 0.05) is 0 Å². The highest BCUT2D eigenvalue weighted by Gasteiger charge is 2.37. The van der Waals surface area contributed by atoms with Crippen LogP contribution in [0.1, 0.15) is 27.8 Å². The van der Waals surface area contributed by atoms with Crippen LogP contribution in [0.4, 0.5) is 10.5 Å². The summed E-state index contributed by atoms with van der Waals surface area (Å²) in [5.74, 6) is -0.0856. The van der Waals surface area contributed by atoms with Gasteiger partial charge >= 0.3 is 6.03 Å². The summed E-state index contributed by atoms with van der Waals surface area (Å²) >= 11 is 3.52. The Bertz CT molecular complexity index is 1710. The van der Waals surface area contributed by atoms with Gasteiger partial charge in [0.2, 0.25) is 0 Å². The number of urea groups is 1. The molecule has 5 rings (SSSR count). The first-order valence-electron chi connectivity index (χ1n) is 13.5. The number of benzene rings is 4. The summed E-state index contributed by atoms with van der Waals surface area (Å²) in [6, 6.07) is 25.0. The molecule has 0 atom stereocenters. The first-order valence-corrected chi connectivity index (χ1v) is 14.3. The number of halogens is 1. The van der Waals surface area contributed by atoms with E-state index in [1.165, 1.54) is 13.2 Å². The molecule has 0 saturated carbocycles. The van der Waals surface area contributed by atoms with Crippen LogP contribution >= 0.6 is 15.9 Å². The molecule has 0 radical (unpaired) electrons. The third-order valence-electron chi connectivity index (χ3n) is 6.75. The summed E-state index contributed by atoms with van der Waals surface area (Å²) in [6.07, 6.45) is 1.41. The normalized spacial score (nSPS) is 14.1. The zero-order chi connectivity index (χ0) is 30.5. The number of nitrogens with one attached hydrogen (secondary N) is 1. The van der Waals surface area contributed by atoms with Gasteiger partial charge in [-0.3, -0.25) is 14.9 Å². The summed E-state index contributed by atoms with van der Waals surface area (Å²) in [6.45, 7) is 4.73. The lowest BCUT2D eigenvalue weighted by Gasteiger charge is -2.26. The molecule has 0 unspecified atom stereocenters. The lowest BCUT2D eigenvalue weighted by Crippen LogP contribution is -2.54. The van der Waals surface area contributed by atoms with Crippen LogP contribution in [0.2, 0.25) is 0 Å². The molecule has 43 heavy (non-hydrogen) atoms. The van der Waals surface area contributed by atoms with Crippen molar-refractivity contribution >= 4 is 45.5 Å². The number of methoxy groups -OCH3 is 1. The maximum Gasteiger partial charge on any atom is 0.335 e. The van der Waals surface area contributed by atoms with E-state index in [0.29, 0.717) is 46.2 Å². The number of hydrogen-bond donors (Lipinski definition) is 1. The fraction of sp³-hybridized carbons (Fsp3) is 0.147. The maximum absolute atomic E-state index is 13.4. The summed E-state index contributed by atoms with van der Waals surface area (Å²) in [7, 11) is 1.51. The van der Waals surface area contributed by atoms with E-state index in [2.05, 4.69) is 21.2 Å². The molecule has 1 aliphatic rings. The Kier molecular flexibility index (Phi) is 8.92. The molecule has 0 spiro atoms. The Morgan fingerprint density at radius 1 is 0.814 bits per heavy atom. The monoisotopic (exact) mass is 640 g/mol. The van der Waals surface area contributed by atoms with E-state index in [0.717, 1.165) is 27.2 Å². The van der Waals surface area contributed by atoms with Crippen molar-refractivity contribution in [3.05, 3.63) is 123 Å². The van der Waals surface area contributed by atoms with E-state index in [-0.39, 0.29) is 5.57 Å². The molecule has 0 aromatic heterocycles. The van der Waals surface area contributed by atoms with Crippen molar-refractivity contribution < 1.29 is 28.6 Å². The molecule has 1 aliphatic heterocycles. The molecule has 9 heteroatoms. The maximum atomic E-state index is 13.4. The fourth-order valence-corrected chi connectivity index (χ4v) is 5.10. The molecule has 8 nitrogen and oxygen atoms in total.